The summed E-state index contributed by atoms with van der Waals surface area (Å²) in [5.41, 5.74) is 0.870. The summed E-state index contributed by atoms with van der Waals surface area (Å²) in [6.45, 7) is 1.79. The average Bonchev–Trinajstić information content (AvgIpc) is 2.26. The third-order valence-corrected chi connectivity index (χ3v) is 1.81. The second-order valence-electron chi connectivity index (χ2n) is 3.25. The molecule has 1 aromatic carbocycles. The third-order valence-electron chi connectivity index (χ3n) is 1.81. The summed E-state index contributed by atoms with van der Waals surface area (Å²) in [5, 5.41) is 20.2. The lowest BCUT2D eigenvalue weighted by Gasteiger charge is -2.06. The molecule has 15 heavy (non-hydrogen) atoms. The Hall–Kier alpha value is -1.86. The normalized spacial score (nSPS) is 11.5. The van der Waals surface area contributed by atoms with Gasteiger partial charge in [0, 0.05) is 12.1 Å². The number of aliphatic hydroxyl groups is 1. The summed E-state index contributed by atoms with van der Waals surface area (Å²) < 4.78 is 0. The number of hydrogen-bond donors (Lipinski definition) is 2. The number of carbonyl (C=O) groups excluding carboxylic acids is 1. The Labute approximate surface area is 88.2 Å². The summed E-state index contributed by atoms with van der Waals surface area (Å²) in [4.78, 5) is 11.5. The fraction of sp³-hybridized carbons (Fsp3) is 0.273. The zero-order chi connectivity index (χ0) is 11.3. The number of benzene rings is 1. The fourth-order valence-electron chi connectivity index (χ4n) is 1.07. The topological polar surface area (TPSA) is 73.1 Å². The van der Waals surface area contributed by atoms with E-state index in [4.69, 9.17) is 10.4 Å². The number of hydrogen-bond acceptors (Lipinski definition) is 3. The van der Waals surface area contributed by atoms with Gasteiger partial charge in [0.1, 0.15) is 0 Å². The molecule has 0 spiro atoms. The Balaban J connectivity index is 2.70. The van der Waals surface area contributed by atoms with Gasteiger partial charge in [-0.2, -0.15) is 5.26 Å². The van der Waals surface area contributed by atoms with Crippen molar-refractivity contribution >= 4 is 5.91 Å². The molecule has 1 atom stereocenters. The SMILES string of the molecule is C[C@@H](O)CNC(=O)c1cccc(C#N)c1. The first-order valence-corrected chi connectivity index (χ1v) is 4.60. The van der Waals surface area contributed by atoms with E-state index in [-0.39, 0.29) is 12.5 Å². The second kappa shape index (κ2) is 5.13. The zero-order valence-corrected chi connectivity index (χ0v) is 8.40. The summed E-state index contributed by atoms with van der Waals surface area (Å²) in [6, 6.07) is 8.37. The number of carbonyl (C=O) groups is 1. The van der Waals surface area contributed by atoms with Crippen molar-refractivity contribution in [2.75, 3.05) is 6.54 Å². The van der Waals surface area contributed by atoms with E-state index in [1.807, 2.05) is 6.07 Å². The van der Waals surface area contributed by atoms with E-state index < -0.39 is 6.10 Å². The van der Waals surface area contributed by atoms with Crippen LogP contribution in [-0.4, -0.2) is 23.7 Å². The van der Waals surface area contributed by atoms with Crippen molar-refractivity contribution < 1.29 is 9.90 Å². The molecule has 0 aliphatic carbocycles. The molecule has 0 fully saturated rings. The van der Waals surface area contributed by atoms with E-state index in [1.165, 1.54) is 6.07 Å². The van der Waals surface area contributed by atoms with E-state index in [0.29, 0.717) is 11.1 Å². The Bertz CT molecular complexity index is 394. The molecule has 0 saturated carbocycles. The predicted octanol–water partition coefficient (Wildman–Crippen LogP) is 0.669. The number of aliphatic hydroxyl groups excluding tert-OH is 1. The van der Waals surface area contributed by atoms with Crippen molar-refractivity contribution in [1.29, 1.82) is 5.26 Å². The van der Waals surface area contributed by atoms with Crippen LogP contribution in [0.3, 0.4) is 0 Å². The Morgan fingerprint density at radius 3 is 3.00 bits per heavy atom. The van der Waals surface area contributed by atoms with E-state index in [0.717, 1.165) is 0 Å². The maximum absolute atomic E-state index is 11.5. The molecule has 4 nitrogen and oxygen atoms in total. The minimum atomic E-state index is -0.576. The quantitative estimate of drug-likeness (QED) is 0.760. The molecule has 0 saturated heterocycles. The smallest absolute Gasteiger partial charge is 0.251 e. The second-order valence-corrected chi connectivity index (χ2v) is 3.25. The van der Waals surface area contributed by atoms with Gasteiger partial charge in [0.15, 0.2) is 0 Å². The van der Waals surface area contributed by atoms with Gasteiger partial charge in [0.25, 0.3) is 5.91 Å². The van der Waals surface area contributed by atoms with Gasteiger partial charge in [-0.1, -0.05) is 6.07 Å². The highest BCUT2D eigenvalue weighted by Crippen LogP contribution is 2.03. The molecular formula is C11H12N2O2. The van der Waals surface area contributed by atoms with E-state index in [9.17, 15) is 4.79 Å². The number of nitriles is 1. The Kier molecular flexibility index (Phi) is 3.83. The molecule has 78 valence electrons. The van der Waals surface area contributed by atoms with Crippen molar-refractivity contribution in [3.8, 4) is 6.07 Å². The van der Waals surface area contributed by atoms with Crippen molar-refractivity contribution in [3.05, 3.63) is 35.4 Å². The predicted molar refractivity (Wildman–Crippen MR) is 55.2 cm³/mol. The molecule has 2 N–H and O–H groups in total. The fourth-order valence-corrected chi connectivity index (χ4v) is 1.07. The van der Waals surface area contributed by atoms with Crippen LogP contribution in [-0.2, 0) is 0 Å². The molecule has 0 aliphatic heterocycles. The Morgan fingerprint density at radius 1 is 1.67 bits per heavy atom. The molecule has 0 aliphatic rings. The minimum Gasteiger partial charge on any atom is -0.392 e. The van der Waals surface area contributed by atoms with Crippen LogP contribution in [0.4, 0.5) is 0 Å². The third kappa shape index (κ3) is 3.41. The molecule has 1 aromatic rings. The van der Waals surface area contributed by atoms with Gasteiger partial charge in [-0.25, -0.2) is 0 Å². The van der Waals surface area contributed by atoms with Crippen molar-refractivity contribution in [2.45, 2.75) is 13.0 Å². The minimum absolute atomic E-state index is 0.204. The van der Waals surface area contributed by atoms with Crippen LogP contribution in [0.25, 0.3) is 0 Å². The molecule has 0 aromatic heterocycles. The van der Waals surface area contributed by atoms with Gasteiger partial charge < -0.3 is 10.4 Å². The summed E-state index contributed by atoms with van der Waals surface area (Å²) in [5.74, 6) is -0.284. The van der Waals surface area contributed by atoms with Gasteiger partial charge >= 0.3 is 0 Å². The molecule has 0 heterocycles. The highest BCUT2D eigenvalue weighted by atomic mass is 16.3. The van der Waals surface area contributed by atoms with Crippen LogP contribution in [0.1, 0.15) is 22.8 Å². The van der Waals surface area contributed by atoms with E-state index >= 15 is 0 Å². The van der Waals surface area contributed by atoms with Gasteiger partial charge in [-0.15, -0.1) is 0 Å². The molecule has 1 rings (SSSR count). The molecular weight excluding hydrogens is 192 g/mol. The van der Waals surface area contributed by atoms with Crippen LogP contribution in [0, 0.1) is 11.3 Å². The summed E-state index contributed by atoms with van der Waals surface area (Å²) in [7, 11) is 0. The summed E-state index contributed by atoms with van der Waals surface area (Å²) >= 11 is 0. The standard InChI is InChI=1S/C11H12N2O2/c1-8(14)7-13-11(15)10-4-2-3-9(5-10)6-12/h2-5,8,14H,7H2,1H3,(H,13,15)/t8-/m1/s1. The lowest BCUT2D eigenvalue weighted by Crippen LogP contribution is -2.30. The van der Waals surface area contributed by atoms with Crippen LogP contribution in [0.2, 0.25) is 0 Å². The van der Waals surface area contributed by atoms with Crippen LogP contribution >= 0.6 is 0 Å². The van der Waals surface area contributed by atoms with Crippen LogP contribution in [0.15, 0.2) is 24.3 Å². The van der Waals surface area contributed by atoms with Crippen molar-refractivity contribution in [3.63, 3.8) is 0 Å². The highest BCUT2D eigenvalue weighted by Gasteiger charge is 2.06. The summed E-state index contributed by atoms with van der Waals surface area (Å²) in [6.07, 6.45) is -0.576. The lowest BCUT2D eigenvalue weighted by molar-refractivity contribution is 0.0924. The molecule has 0 bridgehead atoms. The van der Waals surface area contributed by atoms with E-state index in [2.05, 4.69) is 5.32 Å². The maximum Gasteiger partial charge on any atom is 0.251 e. The Morgan fingerprint density at radius 2 is 2.40 bits per heavy atom. The molecule has 0 unspecified atom stereocenters. The average molecular weight is 204 g/mol. The van der Waals surface area contributed by atoms with Gasteiger partial charge in [0.2, 0.25) is 0 Å². The monoisotopic (exact) mass is 204 g/mol. The van der Waals surface area contributed by atoms with Gasteiger partial charge in [-0.3, -0.25) is 4.79 Å². The van der Waals surface area contributed by atoms with Crippen LogP contribution in [0.5, 0.6) is 0 Å². The lowest BCUT2D eigenvalue weighted by atomic mass is 10.1. The first kappa shape index (κ1) is 11.2. The number of rotatable bonds is 3. The molecule has 4 heteroatoms. The van der Waals surface area contributed by atoms with Crippen molar-refractivity contribution in [1.82, 2.24) is 5.32 Å². The van der Waals surface area contributed by atoms with Gasteiger partial charge in [-0.05, 0) is 25.1 Å². The first-order chi connectivity index (χ1) is 7.13. The maximum atomic E-state index is 11.5. The number of nitrogens with zero attached hydrogens (tertiary/aromatic N) is 1. The van der Waals surface area contributed by atoms with Gasteiger partial charge in [0.05, 0.1) is 17.7 Å². The zero-order valence-electron chi connectivity index (χ0n) is 8.40. The van der Waals surface area contributed by atoms with Crippen molar-refractivity contribution in [2.24, 2.45) is 0 Å². The first-order valence-electron chi connectivity index (χ1n) is 4.60. The number of nitrogens with one attached hydrogen (secondary N) is 1. The number of amides is 1. The van der Waals surface area contributed by atoms with E-state index in [1.54, 1.807) is 25.1 Å². The highest BCUT2D eigenvalue weighted by molar-refractivity contribution is 5.94. The van der Waals surface area contributed by atoms with Crippen LogP contribution < -0.4 is 5.32 Å². The largest absolute Gasteiger partial charge is 0.392 e. The molecule has 0 radical (unpaired) electrons. The molecule has 1 amide bonds.